The first kappa shape index (κ1) is 21.0. The van der Waals surface area contributed by atoms with Crippen LogP contribution in [-0.2, 0) is 4.79 Å². The Morgan fingerprint density at radius 3 is 2.62 bits per heavy atom. The van der Waals surface area contributed by atoms with Gasteiger partial charge in [-0.1, -0.05) is 53.2 Å². The lowest BCUT2D eigenvalue weighted by Crippen LogP contribution is -2.17. The lowest BCUT2D eigenvalue weighted by Gasteiger charge is -2.03. The van der Waals surface area contributed by atoms with Crippen LogP contribution in [0.25, 0.3) is 0 Å². The summed E-state index contributed by atoms with van der Waals surface area (Å²) in [6.07, 6.45) is 1.36. The number of hydrogen-bond acceptors (Lipinski definition) is 5. The normalized spacial score (nSPS) is 10.8. The van der Waals surface area contributed by atoms with Gasteiger partial charge >= 0.3 is 0 Å². The average molecular weight is 448 g/mol. The number of amides is 2. The van der Waals surface area contributed by atoms with Gasteiger partial charge in [0.1, 0.15) is 5.76 Å². The number of carbonyl (C=O) groups is 2. The highest BCUT2D eigenvalue weighted by Gasteiger charge is 2.10. The summed E-state index contributed by atoms with van der Waals surface area (Å²) in [6, 6.07) is 17.2. The quantitative estimate of drug-likeness (QED) is 0.300. The number of hydrogen-bond donors (Lipinski definition) is 2. The Kier molecular flexibility index (Phi) is 7.35. The number of carbonyl (C=O) groups excluding carboxylic acids is 2. The molecular formula is C20H15Cl2N3O3S. The van der Waals surface area contributed by atoms with E-state index in [4.69, 9.17) is 27.6 Å². The summed E-state index contributed by atoms with van der Waals surface area (Å²) >= 11 is 13.0. The molecule has 2 amide bonds. The topological polar surface area (TPSA) is 83.7 Å². The molecule has 0 aliphatic heterocycles. The van der Waals surface area contributed by atoms with E-state index in [1.54, 1.807) is 18.2 Å². The van der Waals surface area contributed by atoms with Crippen molar-refractivity contribution in [2.75, 3.05) is 11.1 Å². The van der Waals surface area contributed by atoms with Gasteiger partial charge in [-0.25, -0.2) is 5.43 Å². The maximum absolute atomic E-state index is 12.1. The van der Waals surface area contributed by atoms with Gasteiger partial charge in [-0.3, -0.25) is 9.59 Å². The number of benzene rings is 2. The molecule has 1 aromatic heterocycles. The van der Waals surface area contributed by atoms with Crippen LogP contribution in [-0.4, -0.2) is 23.8 Å². The second-order valence-electron chi connectivity index (χ2n) is 5.68. The molecule has 0 bridgehead atoms. The summed E-state index contributed by atoms with van der Waals surface area (Å²) in [5.41, 5.74) is 3.36. The van der Waals surface area contributed by atoms with Gasteiger partial charge in [0.25, 0.3) is 5.91 Å². The van der Waals surface area contributed by atoms with Gasteiger partial charge in [0.05, 0.1) is 22.6 Å². The van der Waals surface area contributed by atoms with E-state index < -0.39 is 5.91 Å². The fraction of sp³-hybridized carbons (Fsp3) is 0.0500. The molecule has 0 atom stereocenters. The summed E-state index contributed by atoms with van der Waals surface area (Å²) in [5, 5.41) is 7.87. The van der Waals surface area contributed by atoms with Crippen molar-refractivity contribution >= 4 is 58.7 Å². The van der Waals surface area contributed by atoms with Gasteiger partial charge in [-0.2, -0.15) is 5.10 Å². The summed E-state index contributed by atoms with van der Waals surface area (Å²) < 4.78 is 5.55. The third-order valence-corrected chi connectivity index (χ3v) is 5.00. The third-order valence-electron chi connectivity index (χ3n) is 3.54. The van der Waals surface area contributed by atoms with Crippen LogP contribution in [0.1, 0.15) is 16.1 Å². The fourth-order valence-corrected chi connectivity index (χ4v) is 3.38. The Balaban J connectivity index is 1.48. The minimum atomic E-state index is -0.471. The van der Waals surface area contributed by atoms with E-state index in [0.717, 1.165) is 5.69 Å². The van der Waals surface area contributed by atoms with Crippen molar-refractivity contribution in [2.24, 2.45) is 5.10 Å². The number of halogens is 2. The Morgan fingerprint density at radius 1 is 1.07 bits per heavy atom. The second-order valence-corrected chi connectivity index (χ2v) is 7.51. The van der Waals surface area contributed by atoms with E-state index in [-0.39, 0.29) is 22.2 Å². The molecule has 148 valence electrons. The van der Waals surface area contributed by atoms with Crippen molar-refractivity contribution in [3.8, 4) is 0 Å². The highest BCUT2D eigenvalue weighted by molar-refractivity contribution is 7.99. The molecule has 0 fully saturated rings. The molecule has 6 nitrogen and oxygen atoms in total. The molecule has 2 N–H and O–H groups in total. The molecule has 29 heavy (non-hydrogen) atoms. The van der Waals surface area contributed by atoms with E-state index in [1.165, 1.54) is 30.1 Å². The maximum Gasteiger partial charge on any atom is 0.272 e. The fourth-order valence-electron chi connectivity index (χ4n) is 2.22. The van der Waals surface area contributed by atoms with Crippen molar-refractivity contribution in [1.82, 2.24) is 5.43 Å². The Morgan fingerprint density at radius 2 is 1.86 bits per heavy atom. The monoisotopic (exact) mass is 447 g/mol. The summed E-state index contributed by atoms with van der Waals surface area (Å²) in [6.45, 7) is 0. The standard InChI is InChI=1S/C20H15Cl2N3O3S/c21-13-6-8-16(17(22)10-13)20(27)25-23-11-15-7-9-19(28-15)29-12-18(26)24-14-4-2-1-3-5-14/h1-11H,12H2,(H,24,26)(H,25,27). The van der Waals surface area contributed by atoms with Gasteiger partial charge in [-0.15, -0.1) is 0 Å². The van der Waals surface area contributed by atoms with Gasteiger partial charge in [0.15, 0.2) is 5.09 Å². The summed E-state index contributed by atoms with van der Waals surface area (Å²) in [4.78, 5) is 24.0. The average Bonchev–Trinajstić information content (AvgIpc) is 3.15. The molecule has 0 radical (unpaired) electrons. The van der Waals surface area contributed by atoms with Crippen LogP contribution in [0.4, 0.5) is 5.69 Å². The molecule has 3 aromatic rings. The van der Waals surface area contributed by atoms with Crippen molar-refractivity contribution in [3.05, 3.63) is 82.0 Å². The smallest absolute Gasteiger partial charge is 0.272 e. The van der Waals surface area contributed by atoms with Crippen molar-refractivity contribution in [2.45, 2.75) is 5.09 Å². The third kappa shape index (κ3) is 6.39. The van der Waals surface area contributed by atoms with Crippen LogP contribution in [0.5, 0.6) is 0 Å². The van der Waals surface area contributed by atoms with Gasteiger partial charge < -0.3 is 9.73 Å². The largest absolute Gasteiger partial charge is 0.449 e. The lowest BCUT2D eigenvalue weighted by atomic mass is 10.2. The first-order valence-corrected chi connectivity index (χ1v) is 10.1. The summed E-state index contributed by atoms with van der Waals surface area (Å²) in [7, 11) is 0. The molecule has 0 saturated carbocycles. The molecule has 1 heterocycles. The number of thioether (sulfide) groups is 1. The summed E-state index contributed by atoms with van der Waals surface area (Å²) in [5.74, 6) is 0.0187. The Hall–Kier alpha value is -2.74. The van der Waals surface area contributed by atoms with Crippen LogP contribution >= 0.6 is 35.0 Å². The number of rotatable bonds is 7. The minimum Gasteiger partial charge on any atom is -0.449 e. The van der Waals surface area contributed by atoms with Crippen LogP contribution < -0.4 is 10.7 Å². The van der Waals surface area contributed by atoms with Crippen LogP contribution in [0.3, 0.4) is 0 Å². The Labute approximate surface area is 181 Å². The second kappa shape index (κ2) is 10.2. The SMILES string of the molecule is O=C(CSc1ccc(C=NNC(=O)c2ccc(Cl)cc2Cl)o1)Nc1ccccc1. The predicted molar refractivity (Wildman–Crippen MR) is 116 cm³/mol. The molecule has 0 spiro atoms. The van der Waals surface area contributed by atoms with Crippen LogP contribution in [0.15, 0.2) is 75.3 Å². The number of para-hydroxylation sites is 1. The zero-order chi connectivity index (χ0) is 20.6. The number of nitrogens with one attached hydrogen (secondary N) is 2. The zero-order valence-corrected chi connectivity index (χ0v) is 17.2. The van der Waals surface area contributed by atoms with E-state index in [1.807, 2.05) is 30.3 Å². The maximum atomic E-state index is 12.1. The van der Waals surface area contributed by atoms with Gasteiger partial charge in [0.2, 0.25) is 5.91 Å². The molecule has 0 aliphatic carbocycles. The molecule has 2 aromatic carbocycles. The lowest BCUT2D eigenvalue weighted by molar-refractivity contribution is -0.113. The highest BCUT2D eigenvalue weighted by Crippen LogP contribution is 2.22. The number of anilines is 1. The first-order chi connectivity index (χ1) is 14.0. The van der Waals surface area contributed by atoms with Crippen molar-refractivity contribution in [3.63, 3.8) is 0 Å². The van der Waals surface area contributed by atoms with Crippen LogP contribution in [0.2, 0.25) is 10.0 Å². The molecular weight excluding hydrogens is 433 g/mol. The first-order valence-electron chi connectivity index (χ1n) is 8.37. The number of furan rings is 1. The highest BCUT2D eigenvalue weighted by atomic mass is 35.5. The van der Waals surface area contributed by atoms with Gasteiger partial charge in [0, 0.05) is 10.7 Å². The molecule has 0 unspecified atom stereocenters. The number of nitrogens with zero attached hydrogens (tertiary/aromatic N) is 1. The molecule has 0 aliphatic rings. The van der Waals surface area contributed by atoms with Gasteiger partial charge in [-0.05, 0) is 42.5 Å². The number of hydrazone groups is 1. The minimum absolute atomic E-state index is 0.139. The van der Waals surface area contributed by atoms with E-state index in [2.05, 4.69) is 15.8 Å². The predicted octanol–water partition coefficient (Wildman–Crippen LogP) is 5.08. The van der Waals surface area contributed by atoms with Crippen LogP contribution in [0, 0.1) is 0 Å². The molecule has 3 rings (SSSR count). The van der Waals surface area contributed by atoms with Crippen molar-refractivity contribution < 1.29 is 14.0 Å². The van der Waals surface area contributed by atoms with E-state index in [0.29, 0.717) is 15.9 Å². The Bertz CT molecular complexity index is 1040. The molecule has 9 heteroatoms. The van der Waals surface area contributed by atoms with E-state index >= 15 is 0 Å². The molecule has 0 saturated heterocycles. The van der Waals surface area contributed by atoms with E-state index in [9.17, 15) is 9.59 Å². The van der Waals surface area contributed by atoms with Crippen molar-refractivity contribution in [1.29, 1.82) is 0 Å². The zero-order valence-electron chi connectivity index (χ0n) is 14.9.